The van der Waals surface area contributed by atoms with Gasteiger partial charge in [-0.1, -0.05) is 17.2 Å². The summed E-state index contributed by atoms with van der Waals surface area (Å²) in [6.07, 6.45) is -1.37. The number of hydrogen-bond acceptors (Lipinski definition) is 5. The number of carbonyl (C=O) groups is 2. The molecule has 11 nitrogen and oxygen atoms in total. The van der Waals surface area contributed by atoms with Crippen molar-refractivity contribution in [1.29, 1.82) is 0 Å². The molecule has 0 aliphatic carbocycles. The Bertz CT molecular complexity index is 745. The topological polar surface area (TPSA) is 170 Å². The second-order valence-corrected chi connectivity index (χ2v) is 5.73. The summed E-state index contributed by atoms with van der Waals surface area (Å²) in [5.74, 6) is -1.31. The Morgan fingerprint density at radius 2 is 2.04 bits per heavy atom. The summed E-state index contributed by atoms with van der Waals surface area (Å²) >= 11 is 0. The predicted octanol–water partition coefficient (Wildman–Crippen LogP) is 2.41. The van der Waals surface area contributed by atoms with Crippen LogP contribution in [0.1, 0.15) is 18.4 Å². The van der Waals surface area contributed by atoms with Crippen LogP contribution in [0.4, 0.5) is 10.5 Å². The van der Waals surface area contributed by atoms with Gasteiger partial charge in [-0.3, -0.25) is 15.0 Å². The smallest absolute Gasteiger partial charge is 0.408 e. The predicted molar refractivity (Wildman–Crippen MR) is 84.1 cm³/mol. The van der Waals surface area contributed by atoms with E-state index < -0.39 is 28.6 Å². The lowest BCUT2D eigenvalue weighted by molar-refractivity contribution is -0.384. The van der Waals surface area contributed by atoms with Crippen LogP contribution in [-0.4, -0.2) is 50.2 Å². The largest absolute Gasteiger partial charge is 0.479 e. The van der Waals surface area contributed by atoms with E-state index in [9.17, 15) is 29.9 Å². The number of rotatable bonds is 5. The molecule has 1 fully saturated rings. The first-order valence-electron chi connectivity index (χ1n) is 7.31. The molecule has 2 atom stereocenters. The van der Waals surface area contributed by atoms with Gasteiger partial charge in [0.15, 0.2) is 0 Å². The highest BCUT2D eigenvalue weighted by Crippen LogP contribution is 2.34. The van der Waals surface area contributed by atoms with Gasteiger partial charge in [0.25, 0.3) is 5.69 Å². The van der Waals surface area contributed by atoms with Crippen LogP contribution in [0.3, 0.4) is 0 Å². The number of likely N-dealkylation sites (tertiary alicyclic amines) is 1. The van der Waals surface area contributed by atoms with E-state index in [2.05, 4.69) is 10.0 Å². The lowest BCUT2D eigenvalue weighted by Gasteiger charge is -2.44. The third-order valence-corrected chi connectivity index (χ3v) is 4.29. The van der Waals surface area contributed by atoms with Crippen molar-refractivity contribution in [3.05, 3.63) is 50.4 Å². The van der Waals surface area contributed by atoms with Crippen LogP contribution in [0.5, 0.6) is 0 Å². The van der Waals surface area contributed by atoms with Gasteiger partial charge in [0.05, 0.1) is 11.0 Å². The van der Waals surface area contributed by atoms with Crippen molar-refractivity contribution < 1.29 is 24.7 Å². The molecule has 0 aromatic heterocycles. The standard InChI is InChI=1S/C14H15N5O6/c15-17-16-10-5-6-14(12(20)21,18(8-10)13(22)23)7-9-1-3-11(4-2-9)19(24)25/h1-4,10H,5-8H2,(H,20,21)(H,22,23). The van der Waals surface area contributed by atoms with E-state index in [0.29, 0.717) is 5.56 Å². The van der Waals surface area contributed by atoms with Gasteiger partial charge in [-0.15, -0.1) is 0 Å². The van der Waals surface area contributed by atoms with Crippen LogP contribution in [0.2, 0.25) is 0 Å². The minimum absolute atomic E-state index is 0.0324. The Morgan fingerprint density at radius 3 is 2.52 bits per heavy atom. The zero-order valence-corrected chi connectivity index (χ0v) is 13.0. The first-order chi connectivity index (χ1) is 11.8. The second kappa shape index (κ2) is 7.05. The highest BCUT2D eigenvalue weighted by atomic mass is 16.6. The molecule has 0 spiro atoms. The number of benzene rings is 1. The Hall–Kier alpha value is -3.33. The summed E-state index contributed by atoms with van der Waals surface area (Å²) in [5, 5.41) is 33.3. The highest BCUT2D eigenvalue weighted by molar-refractivity contribution is 5.84. The number of carboxylic acids is 1. The summed E-state index contributed by atoms with van der Waals surface area (Å²) in [6, 6.07) is 4.65. The minimum Gasteiger partial charge on any atom is -0.479 e. The maximum Gasteiger partial charge on any atom is 0.408 e. The van der Waals surface area contributed by atoms with Crippen LogP contribution in [0.15, 0.2) is 29.4 Å². The van der Waals surface area contributed by atoms with Gasteiger partial charge in [0.1, 0.15) is 5.54 Å². The minimum atomic E-state index is -1.72. The molecule has 0 radical (unpaired) electrons. The van der Waals surface area contributed by atoms with Crippen LogP contribution < -0.4 is 0 Å². The summed E-state index contributed by atoms with van der Waals surface area (Å²) in [6.45, 7) is -0.224. The third kappa shape index (κ3) is 3.61. The van der Waals surface area contributed by atoms with Gasteiger partial charge < -0.3 is 10.2 Å². The lowest BCUT2D eigenvalue weighted by Crippen LogP contribution is -2.62. The molecule has 0 saturated carbocycles. The molecule has 1 aliphatic heterocycles. The summed E-state index contributed by atoms with van der Waals surface area (Å²) < 4.78 is 0. The van der Waals surface area contributed by atoms with E-state index in [-0.39, 0.29) is 31.5 Å². The van der Waals surface area contributed by atoms with Crippen molar-refractivity contribution in [2.75, 3.05) is 6.54 Å². The summed E-state index contributed by atoms with van der Waals surface area (Å²) in [5.41, 5.74) is 7.11. The van der Waals surface area contributed by atoms with Crippen molar-refractivity contribution in [3.8, 4) is 0 Å². The van der Waals surface area contributed by atoms with Crippen molar-refractivity contribution in [3.63, 3.8) is 0 Å². The zero-order valence-electron chi connectivity index (χ0n) is 13.0. The van der Waals surface area contributed by atoms with Crippen molar-refractivity contribution in [1.82, 2.24) is 4.90 Å². The van der Waals surface area contributed by atoms with E-state index in [1.54, 1.807) is 0 Å². The average Bonchev–Trinajstić information content (AvgIpc) is 2.56. The van der Waals surface area contributed by atoms with Gasteiger partial charge in [-0.2, -0.15) is 0 Å². The molecule has 1 amide bonds. The van der Waals surface area contributed by atoms with Gasteiger partial charge in [0, 0.05) is 30.0 Å². The van der Waals surface area contributed by atoms with Crippen LogP contribution >= 0.6 is 0 Å². The number of nitro groups is 1. The molecule has 2 N–H and O–H groups in total. The lowest BCUT2D eigenvalue weighted by atomic mass is 9.80. The van der Waals surface area contributed by atoms with E-state index in [1.807, 2.05) is 0 Å². The van der Waals surface area contributed by atoms with Gasteiger partial charge >= 0.3 is 12.1 Å². The Balaban J connectivity index is 2.36. The number of non-ortho nitro benzene ring substituents is 1. The maximum absolute atomic E-state index is 11.9. The number of amides is 1. The number of hydrogen-bond donors (Lipinski definition) is 2. The fourth-order valence-corrected chi connectivity index (χ4v) is 3.00. The number of aliphatic carboxylic acids is 1. The Kier molecular flexibility index (Phi) is 5.08. The Morgan fingerprint density at radius 1 is 1.40 bits per heavy atom. The average molecular weight is 349 g/mol. The molecule has 1 heterocycles. The quantitative estimate of drug-likeness (QED) is 0.272. The summed E-state index contributed by atoms with van der Waals surface area (Å²) in [7, 11) is 0. The molecule has 25 heavy (non-hydrogen) atoms. The molecule has 2 rings (SSSR count). The van der Waals surface area contributed by atoms with Crippen LogP contribution in [0.25, 0.3) is 10.4 Å². The molecule has 1 aliphatic rings. The number of piperidine rings is 1. The fraction of sp³-hybridized carbons (Fsp3) is 0.429. The molecule has 11 heteroatoms. The molecule has 132 valence electrons. The van der Waals surface area contributed by atoms with E-state index in [0.717, 1.165) is 4.90 Å². The van der Waals surface area contributed by atoms with Gasteiger partial charge in [-0.25, -0.2) is 9.59 Å². The molecule has 2 unspecified atom stereocenters. The second-order valence-electron chi connectivity index (χ2n) is 5.73. The van der Waals surface area contributed by atoms with Gasteiger partial charge in [-0.05, 0) is 23.9 Å². The van der Waals surface area contributed by atoms with Crippen molar-refractivity contribution >= 4 is 17.7 Å². The van der Waals surface area contributed by atoms with Crippen molar-refractivity contribution in [2.24, 2.45) is 5.11 Å². The van der Waals surface area contributed by atoms with Crippen LogP contribution in [0, 0.1) is 10.1 Å². The molecule has 0 bridgehead atoms. The zero-order chi connectivity index (χ0) is 18.6. The van der Waals surface area contributed by atoms with E-state index in [1.165, 1.54) is 24.3 Å². The number of nitrogens with zero attached hydrogens (tertiary/aromatic N) is 5. The highest BCUT2D eigenvalue weighted by Gasteiger charge is 2.50. The Labute approximate surface area is 141 Å². The molecule has 1 saturated heterocycles. The van der Waals surface area contributed by atoms with E-state index in [4.69, 9.17) is 5.53 Å². The van der Waals surface area contributed by atoms with Gasteiger partial charge in [0.2, 0.25) is 0 Å². The SMILES string of the molecule is [N-]=[N+]=NC1CCC(Cc2ccc([N+](=O)[O-])cc2)(C(=O)O)N(C(=O)O)C1. The normalized spacial score (nSPS) is 22.7. The summed E-state index contributed by atoms with van der Waals surface area (Å²) in [4.78, 5) is 37.1. The van der Waals surface area contributed by atoms with Crippen molar-refractivity contribution in [2.45, 2.75) is 30.8 Å². The third-order valence-electron chi connectivity index (χ3n) is 4.29. The first-order valence-corrected chi connectivity index (χ1v) is 7.31. The molecular weight excluding hydrogens is 334 g/mol. The van der Waals surface area contributed by atoms with Crippen LogP contribution in [-0.2, 0) is 11.2 Å². The molecule has 1 aromatic carbocycles. The fourth-order valence-electron chi connectivity index (χ4n) is 3.00. The van der Waals surface area contributed by atoms with E-state index >= 15 is 0 Å². The first kappa shape index (κ1) is 18.0. The molecular formula is C14H15N5O6. The number of carboxylic acid groups (broad SMARTS) is 2. The maximum atomic E-state index is 11.9. The monoisotopic (exact) mass is 349 g/mol. The number of nitro benzene ring substituents is 1. The molecule has 1 aromatic rings. The number of azide groups is 1.